The molecule has 0 aromatic rings. The minimum Gasteiger partial charge on any atom is -0.350 e. The van der Waals surface area contributed by atoms with Crippen molar-refractivity contribution in [2.45, 2.75) is 38.0 Å². The van der Waals surface area contributed by atoms with Gasteiger partial charge < -0.3 is 9.47 Å². The Kier molecular flexibility index (Phi) is 4.59. The van der Waals surface area contributed by atoms with Crippen molar-refractivity contribution in [1.82, 2.24) is 10.0 Å². The van der Waals surface area contributed by atoms with E-state index < -0.39 is 0 Å². The summed E-state index contributed by atoms with van der Waals surface area (Å²) in [6, 6.07) is 2.30. The zero-order valence-electron chi connectivity index (χ0n) is 11.1. The molecule has 2 aliphatic heterocycles. The Balaban J connectivity index is 1.90. The predicted molar refractivity (Wildman–Crippen MR) is 67.2 cm³/mol. The van der Waals surface area contributed by atoms with Gasteiger partial charge in [-0.2, -0.15) is 5.26 Å². The lowest BCUT2D eigenvalue weighted by molar-refractivity contribution is -0.0467. The predicted octanol–water partition coefficient (Wildman–Crippen LogP) is 1.49. The average Bonchev–Trinajstić information content (AvgIpc) is 2.89. The van der Waals surface area contributed by atoms with Crippen LogP contribution in [0.3, 0.4) is 0 Å². The van der Waals surface area contributed by atoms with E-state index in [1.165, 1.54) is 5.57 Å². The molecule has 0 spiro atoms. The highest BCUT2D eigenvalue weighted by Gasteiger charge is 2.24. The Bertz CT molecular complexity index is 343. The number of nitrogens with zero attached hydrogens (tertiary/aromatic N) is 3. The molecule has 0 aliphatic carbocycles. The van der Waals surface area contributed by atoms with E-state index in [4.69, 9.17) is 14.7 Å². The topological polar surface area (TPSA) is 48.7 Å². The molecule has 2 heterocycles. The molecule has 18 heavy (non-hydrogen) atoms. The Morgan fingerprint density at radius 1 is 1.44 bits per heavy atom. The van der Waals surface area contributed by atoms with Crippen molar-refractivity contribution in [2.75, 3.05) is 27.3 Å². The molecule has 5 nitrogen and oxygen atoms in total. The molecule has 0 aromatic heterocycles. The molecule has 1 saturated heterocycles. The summed E-state index contributed by atoms with van der Waals surface area (Å²) in [7, 11) is 3.93. The lowest BCUT2D eigenvalue weighted by Crippen LogP contribution is -2.42. The van der Waals surface area contributed by atoms with Crippen LogP contribution in [0.5, 0.6) is 0 Å². The van der Waals surface area contributed by atoms with E-state index in [9.17, 15) is 0 Å². The first kappa shape index (κ1) is 13.3. The van der Waals surface area contributed by atoms with Gasteiger partial charge in [-0.1, -0.05) is 5.57 Å². The molecule has 1 atom stereocenters. The number of allylic oxidation sites excluding steroid dienone is 1. The first-order chi connectivity index (χ1) is 8.70. The van der Waals surface area contributed by atoms with Crippen molar-refractivity contribution in [1.29, 1.82) is 5.26 Å². The molecule has 0 amide bonds. The van der Waals surface area contributed by atoms with Gasteiger partial charge in [0.25, 0.3) is 0 Å². The van der Waals surface area contributed by atoms with Crippen LogP contribution in [-0.4, -0.2) is 49.7 Å². The van der Waals surface area contributed by atoms with E-state index in [0.717, 1.165) is 25.7 Å². The minimum absolute atomic E-state index is 0.0348. The lowest BCUT2D eigenvalue weighted by Gasteiger charge is -2.36. The summed E-state index contributed by atoms with van der Waals surface area (Å²) in [6.07, 6.45) is 5.85. The fourth-order valence-corrected chi connectivity index (χ4v) is 2.38. The van der Waals surface area contributed by atoms with Gasteiger partial charge >= 0.3 is 0 Å². The highest BCUT2D eigenvalue weighted by atomic mass is 16.7. The highest BCUT2D eigenvalue weighted by molar-refractivity contribution is 5.11. The highest BCUT2D eigenvalue weighted by Crippen LogP contribution is 2.25. The molecular weight excluding hydrogens is 230 g/mol. The second-order valence-electron chi connectivity index (χ2n) is 4.91. The number of ether oxygens (including phenoxy) is 2. The van der Waals surface area contributed by atoms with Gasteiger partial charge in [0, 0.05) is 26.7 Å². The molecule has 5 heteroatoms. The standard InChI is InChI=1S/C13H21N3O2/c1-15(2)16-10-11(3-5-12(16)9-14)4-6-13-17-7-8-18-13/h10,12-13H,3-8H2,1-2H3. The van der Waals surface area contributed by atoms with Gasteiger partial charge in [0.1, 0.15) is 6.04 Å². The monoisotopic (exact) mass is 251 g/mol. The summed E-state index contributed by atoms with van der Waals surface area (Å²) >= 11 is 0. The van der Waals surface area contributed by atoms with E-state index in [-0.39, 0.29) is 12.3 Å². The van der Waals surface area contributed by atoms with E-state index in [0.29, 0.717) is 13.2 Å². The first-order valence-electron chi connectivity index (χ1n) is 6.48. The van der Waals surface area contributed by atoms with Crippen LogP contribution in [0.2, 0.25) is 0 Å². The Morgan fingerprint density at radius 2 is 2.17 bits per heavy atom. The van der Waals surface area contributed by atoms with Crippen molar-refractivity contribution in [2.24, 2.45) is 0 Å². The maximum absolute atomic E-state index is 9.11. The maximum Gasteiger partial charge on any atom is 0.158 e. The summed E-state index contributed by atoms with van der Waals surface area (Å²) in [5.74, 6) is 0. The molecule has 1 unspecified atom stereocenters. The third-order valence-corrected chi connectivity index (χ3v) is 3.38. The van der Waals surface area contributed by atoms with E-state index in [2.05, 4.69) is 12.3 Å². The molecule has 0 bridgehead atoms. The summed E-state index contributed by atoms with van der Waals surface area (Å²) < 4.78 is 10.9. The second kappa shape index (κ2) is 6.19. The van der Waals surface area contributed by atoms with Gasteiger partial charge in [-0.15, -0.1) is 0 Å². The number of nitriles is 1. The van der Waals surface area contributed by atoms with Crippen LogP contribution >= 0.6 is 0 Å². The van der Waals surface area contributed by atoms with Gasteiger partial charge in [-0.3, -0.25) is 5.01 Å². The van der Waals surface area contributed by atoms with Crippen molar-refractivity contribution < 1.29 is 9.47 Å². The Hall–Kier alpha value is -1.09. The van der Waals surface area contributed by atoms with Crippen molar-refractivity contribution in [3.8, 4) is 6.07 Å². The van der Waals surface area contributed by atoms with Gasteiger partial charge in [0.2, 0.25) is 0 Å². The van der Waals surface area contributed by atoms with Crippen LogP contribution in [0.4, 0.5) is 0 Å². The number of hydrogen-bond acceptors (Lipinski definition) is 5. The second-order valence-corrected chi connectivity index (χ2v) is 4.91. The van der Waals surface area contributed by atoms with Crippen molar-refractivity contribution in [3.05, 3.63) is 11.8 Å². The molecular formula is C13H21N3O2. The molecule has 2 aliphatic rings. The molecule has 0 aromatic carbocycles. The summed E-state index contributed by atoms with van der Waals surface area (Å²) in [4.78, 5) is 0. The van der Waals surface area contributed by atoms with Gasteiger partial charge in [0.05, 0.1) is 19.3 Å². The Labute approximate surface area is 109 Å². The fraction of sp³-hybridized carbons (Fsp3) is 0.769. The zero-order chi connectivity index (χ0) is 13.0. The third kappa shape index (κ3) is 3.22. The molecule has 2 rings (SSSR count). The number of rotatable bonds is 4. The smallest absolute Gasteiger partial charge is 0.158 e. The Morgan fingerprint density at radius 3 is 2.78 bits per heavy atom. The summed E-state index contributed by atoms with van der Waals surface area (Å²) in [5, 5.41) is 13.1. The fourth-order valence-electron chi connectivity index (χ4n) is 2.38. The van der Waals surface area contributed by atoms with Crippen LogP contribution in [0.1, 0.15) is 25.7 Å². The average molecular weight is 251 g/mol. The number of hydrogen-bond donors (Lipinski definition) is 0. The van der Waals surface area contributed by atoms with Gasteiger partial charge in [0.15, 0.2) is 6.29 Å². The largest absolute Gasteiger partial charge is 0.350 e. The SMILES string of the molecule is CN(C)N1C=C(CCC2OCCO2)CCC1C#N. The lowest BCUT2D eigenvalue weighted by atomic mass is 9.98. The minimum atomic E-state index is -0.0391. The van der Waals surface area contributed by atoms with Gasteiger partial charge in [-0.05, 0) is 19.3 Å². The van der Waals surface area contributed by atoms with Crippen molar-refractivity contribution >= 4 is 0 Å². The van der Waals surface area contributed by atoms with Crippen LogP contribution in [-0.2, 0) is 9.47 Å². The molecule has 1 fully saturated rings. The van der Waals surface area contributed by atoms with E-state index in [1.54, 1.807) is 0 Å². The summed E-state index contributed by atoms with van der Waals surface area (Å²) in [6.45, 7) is 1.42. The molecule has 0 radical (unpaired) electrons. The van der Waals surface area contributed by atoms with Crippen LogP contribution in [0, 0.1) is 11.3 Å². The van der Waals surface area contributed by atoms with Crippen LogP contribution in [0.25, 0.3) is 0 Å². The van der Waals surface area contributed by atoms with Crippen LogP contribution in [0.15, 0.2) is 11.8 Å². The third-order valence-electron chi connectivity index (χ3n) is 3.38. The van der Waals surface area contributed by atoms with E-state index >= 15 is 0 Å². The van der Waals surface area contributed by atoms with E-state index in [1.807, 2.05) is 24.1 Å². The van der Waals surface area contributed by atoms with Crippen LogP contribution < -0.4 is 0 Å². The molecule has 0 saturated carbocycles. The molecule has 0 N–H and O–H groups in total. The molecule has 100 valence electrons. The number of hydrazine groups is 1. The quantitative estimate of drug-likeness (QED) is 0.757. The normalized spacial score (nSPS) is 25.3. The maximum atomic E-state index is 9.11. The van der Waals surface area contributed by atoms with Gasteiger partial charge in [-0.25, -0.2) is 5.01 Å². The zero-order valence-corrected chi connectivity index (χ0v) is 11.1. The van der Waals surface area contributed by atoms with Crippen molar-refractivity contribution in [3.63, 3.8) is 0 Å². The first-order valence-corrected chi connectivity index (χ1v) is 6.48. The summed E-state index contributed by atoms with van der Waals surface area (Å²) in [5.41, 5.74) is 1.37.